The van der Waals surface area contributed by atoms with Gasteiger partial charge in [-0.3, -0.25) is 0 Å². The first-order valence-electron chi connectivity index (χ1n) is 7.52. The second-order valence-electron chi connectivity index (χ2n) is 6.70. The molecular weight excluding hydrogens is 270 g/mol. The smallest absolute Gasteiger partial charge is 0.315 e. The Morgan fingerprint density at radius 3 is 2.62 bits per heavy atom. The van der Waals surface area contributed by atoms with Gasteiger partial charge in [0.25, 0.3) is 0 Å². The summed E-state index contributed by atoms with van der Waals surface area (Å²) in [5, 5.41) is 15.1. The molecule has 1 heterocycles. The van der Waals surface area contributed by atoms with Crippen LogP contribution in [0.4, 0.5) is 4.79 Å². The van der Waals surface area contributed by atoms with Crippen LogP contribution >= 0.6 is 0 Å². The number of urea groups is 1. The van der Waals surface area contributed by atoms with E-state index in [0.29, 0.717) is 5.89 Å². The van der Waals surface area contributed by atoms with Crippen molar-refractivity contribution in [2.45, 2.75) is 70.6 Å². The van der Waals surface area contributed by atoms with Gasteiger partial charge in [0.1, 0.15) is 5.76 Å². The van der Waals surface area contributed by atoms with Crippen molar-refractivity contribution in [2.75, 3.05) is 0 Å². The van der Waals surface area contributed by atoms with Crippen molar-refractivity contribution in [3.8, 4) is 0 Å². The molecule has 3 N–H and O–H groups in total. The number of nitrogens with one attached hydrogen (secondary N) is 2. The highest BCUT2D eigenvalue weighted by atomic mass is 16.4. The molecule has 2 rings (SSSR count). The number of aliphatic hydroxyl groups is 1. The zero-order valence-electron chi connectivity index (χ0n) is 13.0. The summed E-state index contributed by atoms with van der Waals surface area (Å²) in [4.78, 5) is 16.0. The van der Waals surface area contributed by atoms with E-state index in [4.69, 9.17) is 4.42 Å². The minimum absolute atomic E-state index is 0.0869. The number of carbonyl (C=O) groups is 1. The third-order valence-electron chi connectivity index (χ3n) is 3.72. The summed E-state index contributed by atoms with van der Waals surface area (Å²) in [6, 6.07) is -0.0741. The molecule has 0 aromatic carbocycles. The van der Waals surface area contributed by atoms with Gasteiger partial charge in [0.15, 0.2) is 0 Å². The molecule has 0 unspecified atom stereocenters. The first-order chi connectivity index (χ1) is 9.84. The summed E-state index contributed by atoms with van der Waals surface area (Å²) in [5.41, 5.74) is -0.0869. The average molecular weight is 295 g/mol. The van der Waals surface area contributed by atoms with E-state index in [2.05, 4.69) is 36.4 Å². The summed E-state index contributed by atoms with van der Waals surface area (Å²) in [6.45, 7) is 6.43. The minimum atomic E-state index is -0.216. The Bertz CT molecular complexity index is 471. The van der Waals surface area contributed by atoms with Gasteiger partial charge in [-0.1, -0.05) is 20.8 Å². The Morgan fingerprint density at radius 1 is 1.38 bits per heavy atom. The second kappa shape index (κ2) is 6.47. The lowest BCUT2D eigenvalue weighted by atomic mass is 9.93. The summed E-state index contributed by atoms with van der Waals surface area (Å²) in [6.07, 6.45) is 4.63. The topological polar surface area (TPSA) is 87.4 Å². The summed E-state index contributed by atoms with van der Waals surface area (Å²) < 4.78 is 5.62. The van der Waals surface area contributed by atoms with Crippen molar-refractivity contribution in [1.82, 2.24) is 15.6 Å². The molecule has 21 heavy (non-hydrogen) atoms. The van der Waals surface area contributed by atoms with Crippen LogP contribution < -0.4 is 10.6 Å². The van der Waals surface area contributed by atoms with Gasteiger partial charge in [-0.25, -0.2) is 9.78 Å². The highest BCUT2D eigenvalue weighted by Gasteiger charge is 2.21. The van der Waals surface area contributed by atoms with Gasteiger partial charge in [-0.2, -0.15) is 0 Å². The van der Waals surface area contributed by atoms with E-state index >= 15 is 0 Å². The molecule has 1 aliphatic carbocycles. The van der Waals surface area contributed by atoms with E-state index < -0.39 is 0 Å². The number of amides is 2. The largest absolute Gasteiger partial charge is 0.443 e. The molecule has 0 radical (unpaired) electrons. The van der Waals surface area contributed by atoms with Gasteiger partial charge in [0.2, 0.25) is 5.89 Å². The molecule has 118 valence electrons. The Morgan fingerprint density at radius 2 is 2.05 bits per heavy atom. The normalized spacial score (nSPS) is 22.9. The van der Waals surface area contributed by atoms with E-state index in [0.717, 1.165) is 31.4 Å². The predicted octanol–water partition coefficient (Wildman–Crippen LogP) is 2.07. The maximum absolute atomic E-state index is 11.8. The van der Waals surface area contributed by atoms with Gasteiger partial charge in [0, 0.05) is 11.5 Å². The third kappa shape index (κ3) is 4.74. The van der Waals surface area contributed by atoms with Gasteiger partial charge in [-0.05, 0) is 25.7 Å². The maximum Gasteiger partial charge on any atom is 0.315 e. The number of carbonyl (C=O) groups excluding carboxylic acids is 1. The van der Waals surface area contributed by atoms with Gasteiger partial charge < -0.3 is 20.2 Å². The number of aliphatic hydroxyl groups excluding tert-OH is 1. The number of nitrogens with zero attached hydrogens (tertiary/aromatic N) is 1. The zero-order valence-corrected chi connectivity index (χ0v) is 13.0. The third-order valence-corrected chi connectivity index (χ3v) is 3.72. The van der Waals surface area contributed by atoms with Crippen LogP contribution in [0.5, 0.6) is 0 Å². The number of aromatic nitrogens is 1. The molecule has 1 aromatic heterocycles. The predicted molar refractivity (Wildman–Crippen MR) is 78.8 cm³/mol. The zero-order chi connectivity index (χ0) is 15.5. The fourth-order valence-corrected chi connectivity index (χ4v) is 2.35. The number of rotatable bonds is 3. The molecule has 1 aromatic rings. The van der Waals surface area contributed by atoms with Crippen molar-refractivity contribution in [3.05, 3.63) is 17.8 Å². The van der Waals surface area contributed by atoms with E-state index in [1.165, 1.54) is 0 Å². The molecule has 0 atom stereocenters. The van der Waals surface area contributed by atoms with E-state index in [1.807, 2.05) is 0 Å². The number of hydrogen-bond donors (Lipinski definition) is 3. The monoisotopic (exact) mass is 295 g/mol. The van der Waals surface area contributed by atoms with E-state index in [-0.39, 0.29) is 30.1 Å². The van der Waals surface area contributed by atoms with Crippen LogP contribution in [0.1, 0.15) is 58.1 Å². The fourth-order valence-electron chi connectivity index (χ4n) is 2.35. The van der Waals surface area contributed by atoms with Crippen LogP contribution in [0.3, 0.4) is 0 Å². The van der Waals surface area contributed by atoms with Crippen molar-refractivity contribution >= 4 is 6.03 Å². The van der Waals surface area contributed by atoms with Crippen molar-refractivity contribution < 1.29 is 14.3 Å². The van der Waals surface area contributed by atoms with E-state index in [1.54, 1.807) is 6.20 Å². The average Bonchev–Trinajstić information content (AvgIpc) is 2.88. The molecule has 6 heteroatoms. The van der Waals surface area contributed by atoms with E-state index in [9.17, 15) is 9.90 Å². The highest BCUT2D eigenvalue weighted by molar-refractivity contribution is 5.74. The SMILES string of the molecule is CC(C)(C)c1cnc(CNC(=O)NC2CCC(O)CC2)o1. The van der Waals surface area contributed by atoms with Crippen molar-refractivity contribution in [3.63, 3.8) is 0 Å². The quantitative estimate of drug-likeness (QED) is 0.796. The van der Waals surface area contributed by atoms with Crippen LogP contribution in [0.2, 0.25) is 0 Å². The first-order valence-corrected chi connectivity index (χ1v) is 7.52. The fraction of sp³-hybridized carbons (Fsp3) is 0.733. The Labute approximate surface area is 125 Å². The molecule has 0 bridgehead atoms. The summed E-state index contributed by atoms with van der Waals surface area (Å²) in [5.74, 6) is 1.31. The van der Waals surface area contributed by atoms with Crippen LogP contribution in [0.15, 0.2) is 10.6 Å². The Balaban J connectivity index is 1.75. The second-order valence-corrected chi connectivity index (χ2v) is 6.70. The minimum Gasteiger partial charge on any atom is -0.443 e. The van der Waals surface area contributed by atoms with Gasteiger partial charge >= 0.3 is 6.03 Å². The first kappa shape index (κ1) is 15.8. The number of oxazole rings is 1. The lowest BCUT2D eigenvalue weighted by Gasteiger charge is -2.26. The standard InChI is InChI=1S/C15H25N3O3/c1-15(2,3)12-8-16-13(21-12)9-17-14(20)18-10-4-6-11(19)7-5-10/h8,10-11,19H,4-7,9H2,1-3H3,(H2,17,18,20). The highest BCUT2D eigenvalue weighted by Crippen LogP contribution is 2.22. The summed E-state index contributed by atoms with van der Waals surface area (Å²) >= 11 is 0. The molecule has 1 fully saturated rings. The molecule has 0 aliphatic heterocycles. The Hall–Kier alpha value is -1.56. The molecule has 1 saturated carbocycles. The number of hydrogen-bond acceptors (Lipinski definition) is 4. The van der Waals surface area contributed by atoms with Crippen LogP contribution in [-0.2, 0) is 12.0 Å². The van der Waals surface area contributed by atoms with Gasteiger partial charge in [0.05, 0.1) is 18.8 Å². The molecular formula is C15H25N3O3. The molecule has 6 nitrogen and oxygen atoms in total. The molecule has 2 amide bonds. The van der Waals surface area contributed by atoms with Crippen molar-refractivity contribution in [2.24, 2.45) is 0 Å². The Kier molecular flexibility index (Phi) is 4.88. The maximum atomic E-state index is 11.8. The van der Waals surface area contributed by atoms with Crippen LogP contribution in [0.25, 0.3) is 0 Å². The summed E-state index contributed by atoms with van der Waals surface area (Å²) in [7, 11) is 0. The lowest BCUT2D eigenvalue weighted by molar-refractivity contribution is 0.117. The van der Waals surface area contributed by atoms with Crippen molar-refractivity contribution in [1.29, 1.82) is 0 Å². The lowest BCUT2D eigenvalue weighted by Crippen LogP contribution is -2.43. The van der Waals surface area contributed by atoms with Gasteiger partial charge in [-0.15, -0.1) is 0 Å². The molecule has 0 saturated heterocycles. The molecule has 0 spiro atoms. The van der Waals surface area contributed by atoms with Crippen LogP contribution in [0, 0.1) is 0 Å². The van der Waals surface area contributed by atoms with Crippen LogP contribution in [-0.4, -0.2) is 28.3 Å². The molecule has 1 aliphatic rings.